The third-order valence-electron chi connectivity index (χ3n) is 5.19. The Morgan fingerprint density at radius 2 is 1.94 bits per heavy atom. The van der Waals surface area contributed by atoms with Crippen molar-refractivity contribution in [2.45, 2.75) is 38.6 Å². The molecule has 0 radical (unpaired) electrons. The van der Waals surface area contributed by atoms with Crippen LogP contribution in [-0.4, -0.2) is 59.8 Å². The Bertz CT molecular complexity index is 935. The monoisotopic (exact) mass is 469 g/mol. The van der Waals surface area contributed by atoms with E-state index >= 15 is 0 Å². The molecule has 8 heteroatoms. The molecule has 1 aromatic carbocycles. The molecule has 1 amide bonds. The van der Waals surface area contributed by atoms with Gasteiger partial charge < -0.3 is 15.0 Å². The Balaban J connectivity index is 2.11. The van der Waals surface area contributed by atoms with E-state index in [9.17, 15) is 18.8 Å². The number of carbonyl (C=O) groups excluding carboxylic acids is 3. The van der Waals surface area contributed by atoms with E-state index < -0.39 is 12.0 Å². The Hall–Kier alpha value is -3.39. The number of benzene rings is 1. The van der Waals surface area contributed by atoms with Crippen molar-refractivity contribution in [3.63, 3.8) is 0 Å². The molecule has 1 aromatic heterocycles. The average molecular weight is 470 g/mol. The van der Waals surface area contributed by atoms with Gasteiger partial charge >= 0.3 is 5.97 Å². The summed E-state index contributed by atoms with van der Waals surface area (Å²) in [6.07, 6.45) is 4.26. The number of nitrogens with zero attached hydrogens (tertiary/aromatic N) is 2. The number of hydrogen-bond acceptors (Lipinski definition) is 6. The number of nitrogens with one attached hydrogen (secondary N) is 1. The molecule has 0 fully saturated rings. The van der Waals surface area contributed by atoms with Crippen molar-refractivity contribution in [3.8, 4) is 0 Å². The summed E-state index contributed by atoms with van der Waals surface area (Å²) in [4.78, 5) is 43.6. The van der Waals surface area contributed by atoms with Gasteiger partial charge in [-0.05, 0) is 42.8 Å². The van der Waals surface area contributed by atoms with E-state index in [0.29, 0.717) is 32.4 Å². The van der Waals surface area contributed by atoms with Crippen LogP contribution in [0.25, 0.3) is 0 Å². The van der Waals surface area contributed by atoms with Crippen LogP contribution in [0.1, 0.15) is 31.0 Å². The first-order valence-electron chi connectivity index (χ1n) is 11.4. The van der Waals surface area contributed by atoms with Gasteiger partial charge in [0, 0.05) is 31.3 Å². The van der Waals surface area contributed by atoms with E-state index in [1.54, 1.807) is 25.3 Å². The predicted octanol–water partition coefficient (Wildman–Crippen LogP) is 2.89. The lowest BCUT2D eigenvalue weighted by Gasteiger charge is -2.27. The fourth-order valence-electron chi connectivity index (χ4n) is 3.27. The molecule has 0 bridgehead atoms. The minimum Gasteiger partial charge on any atom is -0.461 e. The van der Waals surface area contributed by atoms with Gasteiger partial charge in [-0.1, -0.05) is 37.8 Å². The van der Waals surface area contributed by atoms with Crippen molar-refractivity contribution in [1.29, 1.82) is 0 Å². The van der Waals surface area contributed by atoms with Crippen LogP contribution in [0, 0.1) is 5.82 Å². The summed E-state index contributed by atoms with van der Waals surface area (Å²) in [7, 11) is 0. The van der Waals surface area contributed by atoms with E-state index in [-0.39, 0.29) is 37.1 Å². The second-order valence-electron chi connectivity index (χ2n) is 7.78. The van der Waals surface area contributed by atoms with Crippen LogP contribution >= 0.6 is 0 Å². The summed E-state index contributed by atoms with van der Waals surface area (Å²) < 4.78 is 18.2. The molecule has 1 N–H and O–H groups in total. The molecule has 0 aliphatic heterocycles. The molecule has 7 nitrogen and oxygen atoms in total. The number of pyridine rings is 1. The van der Waals surface area contributed by atoms with Gasteiger partial charge in [-0.3, -0.25) is 19.4 Å². The highest BCUT2D eigenvalue weighted by molar-refractivity contribution is 5.90. The first-order chi connectivity index (χ1) is 16.4. The number of Topliss-reactive ketones (excluding diaryl/α,β-unsaturated/α-hetero) is 1. The number of carbonyl (C=O) groups is 3. The van der Waals surface area contributed by atoms with Gasteiger partial charge in [-0.15, -0.1) is 0 Å². The molecule has 1 atom stereocenters. The Morgan fingerprint density at radius 3 is 2.59 bits per heavy atom. The number of aromatic nitrogens is 1. The summed E-state index contributed by atoms with van der Waals surface area (Å²) in [6, 6.07) is 10.8. The first-order valence-corrected chi connectivity index (χ1v) is 11.4. The van der Waals surface area contributed by atoms with E-state index in [1.165, 1.54) is 23.1 Å². The second kappa shape index (κ2) is 14.7. The van der Waals surface area contributed by atoms with Gasteiger partial charge in [0.15, 0.2) is 5.78 Å². The van der Waals surface area contributed by atoms with Gasteiger partial charge in [0.1, 0.15) is 12.4 Å². The lowest BCUT2D eigenvalue weighted by atomic mass is 10.1. The first kappa shape index (κ1) is 26.9. The summed E-state index contributed by atoms with van der Waals surface area (Å²) in [5.74, 6) is -1.29. The van der Waals surface area contributed by atoms with Crippen molar-refractivity contribution in [1.82, 2.24) is 15.2 Å². The molecule has 2 aromatic rings. The number of esters is 1. The number of rotatable bonds is 15. The molecule has 182 valence electrons. The van der Waals surface area contributed by atoms with Crippen molar-refractivity contribution >= 4 is 17.7 Å². The third-order valence-corrected chi connectivity index (χ3v) is 5.19. The lowest BCUT2D eigenvalue weighted by Crippen LogP contribution is -2.50. The smallest absolute Gasteiger partial charge is 0.308 e. The van der Waals surface area contributed by atoms with Gasteiger partial charge in [0.05, 0.1) is 19.0 Å². The van der Waals surface area contributed by atoms with Crippen LogP contribution < -0.4 is 5.32 Å². The van der Waals surface area contributed by atoms with Crippen molar-refractivity contribution in [2.75, 3.05) is 26.2 Å². The molecule has 0 saturated carbocycles. The Labute approximate surface area is 200 Å². The van der Waals surface area contributed by atoms with Crippen LogP contribution in [0.2, 0.25) is 0 Å². The second-order valence-corrected chi connectivity index (χ2v) is 7.78. The largest absolute Gasteiger partial charge is 0.461 e. The van der Waals surface area contributed by atoms with Crippen LogP contribution in [0.5, 0.6) is 0 Å². The van der Waals surface area contributed by atoms with Crippen molar-refractivity contribution in [3.05, 3.63) is 78.4 Å². The molecule has 2 rings (SSSR count). The number of ether oxygens (including phenoxy) is 1. The van der Waals surface area contributed by atoms with Crippen molar-refractivity contribution < 1.29 is 23.5 Å². The fourth-order valence-corrected chi connectivity index (χ4v) is 3.27. The molecule has 0 spiro atoms. The van der Waals surface area contributed by atoms with Crippen LogP contribution in [0.3, 0.4) is 0 Å². The summed E-state index contributed by atoms with van der Waals surface area (Å²) in [5, 5.41) is 3.12. The van der Waals surface area contributed by atoms with Gasteiger partial charge in [-0.2, -0.15) is 0 Å². The summed E-state index contributed by atoms with van der Waals surface area (Å²) >= 11 is 0. The quantitative estimate of drug-likeness (QED) is 0.319. The zero-order chi connectivity index (χ0) is 24.8. The lowest BCUT2D eigenvalue weighted by molar-refractivity contribution is -0.147. The SMILES string of the molecule is C=CCOC(=O)CC(NCCc1ccc(F)cc1)C(=O)N(CCc1ccccn1)CC(=O)CC. The van der Waals surface area contributed by atoms with Gasteiger partial charge in [0.2, 0.25) is 5.91 Å². The Kier molecular flexibility index (Phi) is 11.6. The highest BCUT2D eigenvalue weighted by atomic mass is 19.1. The third kappa shape index (κ3) is 9.62. The maximum absolute atomic E-state index is 13.4. The zero-order valence-corrected chi connectivity index (χ0v) is 19.5. The molecular weight excluding hydrogens is 437 g/mol. The van der Waals surface area contributed by atoms with E-state index in [0.717, 1.165) is 11.3 Å². The zero-order valence-electron chi connectivity index (χ0n) is 19.5. The molecular formula is C26H32FN3O4. The van der Waals surface area contributed by atoms with E-state index in [2.05, 4.69) is 16.9 Å². The minimum atomic E-state index is -0.869. The standard InChI is InChI=1S/C26H32FN3O4/c1-3-17-34-25(32)18-24(29-15-12-20-8-10-21(27)11-9-20)26(33)30(19-23(31)4-2)16-13-22-7-5-6-14-28-22/h3,5-11,14,24,29H,1,4,12-13,15-19H2,2H3. The number of amides is 1. The molecule has 0 aliphatic carbocycles. The van der Waals surface area contributed by atoms with Gasteiger partial charge in [-0.25, -0.2) is 4.39 Å². The normalized spacial score (nSPS) is 11.5. The summed E-state index contributed by atoms with van der Waals surface area (Å²) in [5.41, 5.74) is 1.69. The molecule has 34 heavy (non-hydrogen) atoms. The average Bonchev–Trinajstić information content (AvgIpc) is 2.85. The molecule has 0 aliphatic rings. The minimum absolute atomic E-state index is 0.0417. The number of halogens is 1. The van der Waals surface area contributed by atoms with Crippen LogP contribution in [0.15, 0.2) is 61.3 Å². The fraction of sp³-hybridized carbons (Fsp3) is 0.385. The number of hydrogen-bond donors (Lipinski definition) is 1. The highest BCUT2D eigenvalue weighted by Crippen LogP contribution is 2.08. The molecule has 1 unspecified atom stereocenters. The van der Waals surface area contributed by atoms with E-state index in [4.69, 9.17) is 4.74 Å². The molecule has 0 saturated heterocycles. The van der Waals surface area contributed by atoms with E-state index in [1.807, 2.05) is 18.2 Å². The maximum atomic E-state index is 13.4. The number of ketones is 1. The van der Waals surface area contributed by atoms with Crippen molar-refractivity contribution in [2.24, 2.45) is 0 Å². The van der Waals surface area contributed by atoms with Gasteiger partial charge in [0.25, 0.3) is 0 Å². The predicted molar refractivity (Wildman–Crippen MR) is 127 cm³/mol. The van der Waals surface area contributed by atoms with Crippen LogP contribution in [0.4, 0.5) is 4.39 Å². The molecule has 1 heterocycles. The topological polar surface area (TPSA) is 88.6 Å². The van der Waals surface area contributed by atoms with Crippen LogP contribution in [-0.2, 0) is 32.0 Å². The summed E-state index contributed by atoms with van der Waals surface area (Å²) in [6.45, 7) is 5.95. The Morgan fingerprint density at radius 1 is 1.18 bits per heavy atom. The maximum Gasteiger partial charge on any atom is 0.308 e. The highest BCUT2D eigenvalue weighted by Gasteiger charge is 2.28.